The summed E-state index contributed by atoms with van der Waals surface area (Å²) < 4.78 is 31.5. The van der Waals surface area contributed by atoms with Gasteiger partial charge in [-0.3, -0.25) is 9.59 Å². The number of rotatable bonds is 9. The Labute approximate surface area is 163 Å². The molecule has 0 saturated heterocycles. The minimum atomic E-state index is -4.00. The van der Waals surface area contributed by atoms with E-state index in [2.05, 4.69) is 10.0 Å². The number of sulfonamides is 1. The van der Waals surface area contributed by atoms with E-state index in [9.17, 15) is 18.0 Å². The van der Waals surface area contributed by atoms with Crippen LogP contribution in [0.25, 0.3) is 0 Å². The zero-order valence-electron chi connectivity index (χ0n) is 14.7. The Hall–Kier alpha value is -1.35. The number of amides is 1. The monoisotopic (exact) mass is 424 g/mol. The second kappa shape index (κ2) is 10.1. The molecule has 0 saturated carbocycles. The Bertz CT molecular complexity index is 753. The summed E-state index contributed by atoms with van der Waals surface area (Å²) in [6.07, 6.45) is 0.805. The maximum absolute atomic E-state index is 12.3. The van der Waals surface area contributed by atoms with Crippen molar-refractivity contribution < 1.29 is 22.7 Å². The van der Waals surface area contributed by atoms with Gasteiger partial charge in [0.25, 0.3) is 5.91 Å². The van der Waals surface area contributed by atoms with Crippen LogP contribution in [-0.2, 0) is 24.3 Å². The van der Waals surface area contributed by atoms with Gasteiger partial charge in [0.2, 0.25) is 10.0 Å². The van der Waals surface area contributed by atoms with Crippen molar-refractivity contribution in [3.05, 3.63) is 28.2 Å². The molecule has 0 aliphatic rings. The molecule has 10 heteroatoms. The highest BCUT2D eigenvalue weighted by molar-refractivity contribution is 7.89. The van der Waals surface area contributed by atoms with Gasteiger partial charge in [0, 0.05) is 6.54 Å². The average Bonchev–Trinajstić information content (AvgIpc) is 2.54. The number of ether oxygens (including phenoxy) is 1. The molecular weight excluding hydrogens is 403 g/mol. The molecule has 0 bridgehead atoms. The number of esters is 1. The summed E-state index contributed by atoms with van der Waals surface area (Å²) in [5, 5.41) is 2.89. The second-order valence-corrected chi connectivity index (χ2v) is 8.59. The fourth-order valence-electron chi connectivity index (χ4n) is 1.81. The van der Waals surface area contributed by atoms with E-state index < -0.39 is 34.5 Å². The molecule has 0 spiro atoms. The zero-order valence-corrected chi connectivity index (χ0v) is 17.0. The van der Waals surface area contributed by atoms with E-state index in [4.69, 9.17) is 27.9 Å². The summed E-state index contributed by atoms with van der Waals surface area (Å²) >= 11 is 11.6. The van der Waals surface area contributed by atoms with Gasteiger partial charge in [-0.15, -0.1) is 0 Å². The number of carbonyl (C=O) groups excluding carboxylic acids is 2. The zero-order chi connectivity index (χ0) is 19.9. The van der Waals surface area contributed by atoms with E-state index in [0.717, 1.165) is 6.42 Å². The number of nitrogens with one attached hydrogen (secondary N) is 2. The van der Waals surface area contributed by atoms with Gasteiger partial charge in [0.1, 0.15) is 6.04 Å². The third-order valence-electron chi connectivity index (χ3n) is 3.28. The topological polar surface area (TPSA) is 102 Å². The predicted octanol–water partition coefficient (Wildman–Crippen LogP) is 2.37. The molecule has 1 atom stereocenters. The maximum atomic E-state index is 12.3. The Morgan fingerprint density at radius 2 is 1.81 bits per heavy atom. The van der Waals surface area contributed by atoms with E-state index >= 15 is 0 Å². The van der Waals surface area contributed by atoms with Crippen LogP contribution in [-0.4, -0.2) is 39.5 Å². The van der Waals surface area contributed by atoms with Crippen molar-refractivity contribution in [1.82, 2.24) is 10.0 Å². The van der Waals surface area contributed by atoms with E-state index in [-0.39, 0.29) is 14.9 Å². The number of carbonyl (C=O) groups is 2. The molecule has 0 fully saturated rings. The smallest absolute Gasteiger partial charge is 0.324 e. The first-order chi connectivity index (χ1) is 12.0. The molecule has 0 radical (unpaired) electrons. The molecule has 146 valence electrons. The van der Waals surface area contributed by atoms with Gasteiger partial charge in [-0.05, 0) is 37.5 Å². The summed E-state index contributed by atoms with van der Waals surface area (Å²) in [6, 6.07) is 2.59. The molecule has 1 amide bonds. The molecule has 26 heavy (non-hydrogen) atoms. The van der Waals surface area contributed by atoms with Crippen LogP contribution in [0.5, 0.6) is 0 Å². The summed E-state index contributed by atoms with van der Waals surface area (Å²) in [6.45, 7) is 5.36. The fourth-order valence-corrected chi connectivity index (χ4v) is 3.39. The summed E-state index contributed by atoms with van der Waals surface area (Å²) in [7, 11) is -4.00. The van der Waals surface area contributed by atoms with Gasteiger partial charge >= 0.3 is 5.97 Å². The minimum absolute atomic E-state index is 0.0721. The molecule has 0 unspecified atom stereocenters. The molecular formula is C16H22Cl2N2O5S. The largest absolute Gasteiger partial charge is 0.454 e. The molecule has 0 heterocycles. The molecule has 1 aromatic rings. The summed E-state index contributed by atoms with van der Waals surface area (Å²) in [4.78, 5) is 23.3. The van der Waals surface area contributed by atoms with Crippen molar-refractivity contribution in [2.24, 2.45) is 5.92 Å². The number of hydrogen-bond donors (Lipinski definition) is 2. The van der Waals surface area contributed by atoms with Crippen LogP contribution < -0.4 is 10.0 Å². The average molecular weight is 425 g/mol. The Morgan fingerprint density at radius 1 is 1.15 bits per heavy atom. The first-order valence-corrected chi connectivity index (χ1v) is 10.2. The van der Waals surface area contributed by atoms with Crippen molar-refractivity contribution in [2.75, 3.05) is 13.2 Å². The van der Waals surface area contributed by atoms with Crippen LogP contribution in [0.3, 0.4) is 0 Å². The lowest BCUT2D eigenvalue weighted by atomic mass is 10.1. The Balaban J connectivity index is 2.55. The second-order valence-electron chi connectivity index (χ2n) is 6.06. The van der Waals surface area contributed by atoms with Gasteiger partial charge in [0.05, 0.1) is 14.9 Å². The number of halogens is 2. The van der Waals surface area contributed by atoms with Crippen LogP contribution in [0, 0.1) is 5.92 Å². The number of hydrogen-bond acceptors (Lipinski definition) is 5. The fraction of sp³-hybridized carbons (Fsp3) is 0.500. The van der Waals surface area contributed by atoms with Crippen LogP contribution in [0.2, 0.25) is 10.0 Å². The first-order valence-electron chi connectivity index (χ1n) is 7.93. The van der Waals surface area contributed by atoms with Crippen LogP contribution in [0.4, 0.5) is 0 Å². The van der Waals surface area contributed by atoms with Crippen molar-refractivity contribution >= 4 is 45.1 Å². The standard InChI is InChI=1S/C16H22Cl2N2O5S/c1-10(2)6-7-19-15(21)9-25-16(22)11(3)20-26(23,24)12-4-5-13(17)14(18)8-12/h4-5,8,10-11,20H,6-7,9H2,1-3H3,(H,19,21)/t11-/m0/s1. The Kier molecular flexibility index (Phi) is 8.82. The Morgan fingerprint density at radius 3 is 2.38 bits per heavy atom. The van der Waals surface area contributed by atoms with Gasteiger partial charge in [-0.2, -0.15) is 4.72 Å². The van der Waals surface area contributed by atoms with Crippen LogP contribution >= 0.6 is 23.2 Å². The van der Waals surface area contributed by atoms with E-state index in [1.54, 1.807) is 0 Å². The van der Waals surface area contributed by atoms with E-state index in [1.165, 1.54) is 25.1 Å². The lowest BCUT2D eigenvalue weighted by Gasteiger charge is -2.14. The quantitative estimate of drug-likeness (QED) is 0.592. The predicted molar refractivity (Wildman–Crippen MR) is 99.7 cm³/mol. The van der Waals surface area contributed by atoms with E-state index in [0.29, 0.717) is 12.5 Å². The van der Waals surface area contributed by atoms with Gasteiger partial charge in [-0.1, -0.05) is 37.0 Å². The molecule has 1 aromatic carbocycles. The molecule has 2 N–H and O–H groups in total. The van der Waals surface area contributed by atoms with Gasteiger partial charge in [0.15, 0.2) is 6.61 Å². The normalized spacial score (nSPS) is 12.7. The molecule has 1 rings (SSSR count). The highest BCUT2D eigenvalue weighted by Crippen LogP contribution is 2.24. The van der Waals surface area contributed by atoms with Gasteiger partial charge in [-0.25, -0.2) is 8.42 Å². The maximum Gasteiger partial charge on any atom is 0.324 e. The van der Waals surface area contributed by atoms with Crippen molar-refractivity contribution in [3.8, 4) is 0 Å². The summed E-state index contributed by atoms with van der Waals surface area (Å²) in [5.74, 6) is -0.875. The SMILES string of the molecule is CC(C)CCNC(=O)COC(=O)[C@H](C)NS(=O)(=O)c1ccc(Cl)c(Cl)c1. The molecule has 7 nitrogen and oxygen atoms in total. The highest BCUT2D eigenvalue weighted by atomic mass is 35.5. The minimum Gasteiger partial charge on any atom is -0.454 e. The van der Waals surface area contributed by atoms with Crippen molar-refractivity contribution in [3.63, 3.8) is 0 Å². The first kappa shape index (κ1) is 22.7. The number of benzene rings is 1. The summed E-state index contributed by atoms with van der Waals surface area (Å²) in [5.41, 5.74) is 0. The third kappa shape index (κ3) is 7.49. The lowest BCUT2D eigenvalue weighted by molar-refractivity contribution is -0.149. The van der Waals surface area contributed by atoms with Crippen molar-refractivity contribution in [1.29, 1.82) is 0 Å². The molecule has 0 aliphatic heterocycles. The highest BCUT2D eigenvalue weighted by Gasteiger charge is 2.24. The van der Waals surface area contributed by atoms with E-state index in [1.807, 2.05) is 13.8 Å². The van der Waals surface area contributed by atoms with Gasteiger partial charge < -0.3 is 10.1 Å². The van der Waals surface area contributed by atoms with Crippen LogP contribution in [0.1, 0.15) is 27.2 Å². The lowest BCUT2D eigenvalue weighted by Crippen LogP contribution is -2.41. The molecule has 0 aliphatic carbocycles. The third-order valence-corrected chi connectivity index (χ3v) is 5.55. The molecule has 0 aromatic heterocycles. The van der Waals surface area contributed by atoms with Crippen LogP contribution in [0.15, 0.2) is 23.1 Å². The van der Waals surface area contributed by atoms with Crippen molar-refractivity contribution in [2.45, 2.75) is 38.1 Å².